The Bertz CT molecular complexity index is 1470. The number of esters is 2. The van der Waals surface area contributed by atoms with Gasteiger partial charge < -0.3 is 24.8 Å². The molecule has 0 fully saturated rings. The monoisotopic (exact) mass is 670 g/mol. The molecule has 2 aromatic rings. The number of amides is 2. The molecule has 1 aliphatic rings. The van der Waals surface area contributed by atoms with Crippen molar-refractivity contribution in [2.75, 3.05) is 13.7 Å². The van der Waals surface area contributed by atoms with E-state index in [-0.39, 0.29) is 43.5 Å². The summed E-state index contributed by atoms with van der Waals surface area (Å²) in [5.41, 5.74) is 0.215. The van der Waals surface area contributed by atoms with Crippen LogP contribution in [-0.2, 0) is 35.1 Å². The molecular weight excluding hydrogens is 627 g/mol. The van der Waals surface area contributed by atoms with Crippen LogP contribution in [0.4, 0.5) is 4.39 Å². The van der Waals surface area contributed by atoms with Crippen LogP contribution in [0.5, 0.6) is 5.75 Å². The smallest absolute Gasteiger partial charge is 0.348 e. The Kier molecular flexibility index (Phi) is 13.6. The fraction of sp³-hybridized carbons (Fsp3) is 0.444. The molecular formula is C36H44ClFN2O7. The zero-order valence-corrected chi connectivity index (χ0v) is 28.4. The van der Waals surface area contributed by atoms with Gasteiger partial charge in [0.05, 0.1) is 17.5 Å². The number of benzene rings is 2. The van der Waals surface area contributed by atoms with Crippen molar-refractivity contribution < 1.29 is 37.8 Å². The van der Waals surface area contributed by atoms with Crippen molar-refractivity contribution in [2.45, 2.75) is 72.1 Å². The van der Waals surface area contributed by atoms with Crippen LogP contribution >= 0.6 is 11.6 Å². The Balaban J connectivity index is 1.94. The maximum Gasteiger partial charge on any atom is 0.348 e. The number of methoxy groups -OCH3 is 1. The van der Waals surface area contributed by atoms with E-state index in [9.17, 15) is 23.6 Å². The van der Waals surface area contributed by atoms with Crippen LogP contribution in [-0.4, -0.2) is 55.7 Å². The van der Waals surface area contributed by atoms with Crippen molar-refractivity contribution in [1.82, 2.24) is 10.6 Å². The lowest BCUT2D eigenvalue weighted by Gasteiger charge is -2.29. The fourth-order valence-corrected chi connectivity index (χ4v) is 5.02. The van der Waals surface area contributed by atoms with Crippen molar-refractivity contribution in [3.63, 3.8) is 0 Å². The number of carbonyl (C=O) groups is 4. The molecule has 0 aromatic heterocycles. The standard InChI is InChI=1S/C36H44ClFN2O7/c1-22(2)18-31-34(43)46-29(23(3)10-11-24-12-15-26(38)16-13-24)8-7-9-32(41)40-28(20-25-14-17-30(45-6)27(37)19-25)33(42)39-21-36(4,5)35(44)47-31/h7-8,10-17,19,22-23,28-29,31H,9,18,20-21H2,1-6H3,(H,39,42)(H,40,41)/t23-,28-,29?,31+/m1/s1. The minimum atomic E-state index is -1.22. The first-order valence-electron chi connectivity index (χ1n) is 15.6. The first kappa shape index (κ1) is 37.3. The number of nitrogens with one attached hydrogen (secondary N) is 2. The predicted octanol–water partition coefficient (Wildman–Crippen LogP) is 5.84. The van der Waals surface area contributed by atoms with E-state index >= 15 is 0 Å². The van der Waals surface area contributed by atoms with Gasteiger partial charge in [-0.25, -0.2) is 9.18 Å². The van der Waals surface area contributed by atoms with Crippen LogP contribution in [0.25, 0.3) is 6.08 Å². The van der Waals surface area contributed by atoms with Crippen molar-refractivity contribution in [3.05, 3.63) is 82.7 Å². The van der Waals surface area contributed by atoms with Gasteiger partial charge in [0.25, 0.3) is 0 Å². The molecule has 1 heterocycles. The van der Waals surface area contributed by atoms with Gasteiger partial charge in [0, 0.05) is 25.3 Å². The van der Waals surface area contributed by atoms with Gasteiger partial charge in [-0.05, 0) is 67.7 Å². The number of halogens is 2. The Labute approximate surface area is 280 Å². The van der Waals surface area contributed by atoms with Gasteiger partial charge in [0.1, 0.15) is 23.7 Å². The first-order valence-corrected chi connectivity index (χ1v) is 16.0. The highest BCUT2D eigenvalue weighted by molar-refractivity contribution is 6.32. The van der Waals surface area contributed by atoms with Gasteiger partial charge in [-0.2, -0.15) is 0 Å². The van der Waals surface area contributed by atoms with Crippen LogP contribution in [0, 0.1) is 23.1 Å². The van der Waals surface area contributed by atoms with E-state index in [1.165, 1.54) is 19.2 Å². The highest BCUT2D eigenvalue weighted by Crippen LogP contribution is 2.26. The summed E-state index contributed by atoms with van der Waals surface area (Å²) in [7, 11) is 1.50. The summed E-state index contributed by atoms with van der Waals surface area (Å²) in [6.07, 6.45) is 4.96. The van der Waals surface area contributed by atoms with Gasteiger partial charge in [-0.1, -0.05) is 68.8 Å². The van der Waals surface area contributed by atoms with E-state index < -0.39 is 47.4 Å². The second-order valence-corrected chi connectivity index (χ2v) is 13.1. The molecule has 0 bridgehead atoms. The molecule has 2 N–H and O–H groups in total. The van der Waals surface area contributed by atoms with E-state index in [2.05, 4.69) is 10.6 Å². The number of carbonyl (C=O) groups excluding carboxylic acids is 4. The molecule has 0 saturated carbocycles. The summed E-state index contributed by atoms with van der Waals surface area (Å²) in [5, 5.41) is 5.89. The van der Waals surface area contributed by atoms with E-state index in [1.54, 1.807) is 68.5 Å². The molecule has 11 heteroatoms. The van der Waals surface area contributed by atoms with Gasteiger partial charge in [-0.15, -0.1) is 0 Å². The molecule has 2 aromatic carbocycles. The number of hydrogen-bond acceptors (Lipinski definition) is 7. The zero-order chi connectivity index (χ0) is 34.7. The fourth-order valence-electron chi connectivity index (χ4n) is 4.74. The Morgan fingerprint density at radius 2 is 1.77 bits per heavy atom. The lowest BCUT2D eigenvalue weighted by molar-refractivity contribution is -0.177. The molecule has 0 radical (unpaired) electrons. The average Bonchev–Trinajstić information content (AvgIpc) is 3.01. The highest BCUT2D eigenvalue weighted by atomic mass is 35.5. The summed E-state index contributed by atoms with van der Waals surface area (Å²) in [6, 6.07) is 10.0. The topological polar surface area (TPSA) is 120 Å². The van der Waals surface area contributed by atoms with Crippen molar-refractivity contribution >= 4 is 41.4 Å². The molecule has 1 aliphatic heterocycles. The molecule has 9 nitrogen and oxygen atoms in total. The second-order valence-electron chi connectivity index (χ2n) is 12.7. The summed E-state index contributed by atoms with van der Waals surface area (Å²) in [4.78, 5) is 53.3. The molecule has 254 valence electrons. The normalized spacial score (nSPS) is 21.9. The molecule has 0 spiro atoms. The predicted molar refractivity (Wildman–Crippen MR) is 178 cm³/mol. The van der Waals surface area contributed by atoms with Gasteiger partial charge >= 0.3 is 11.9 Å². The lowest BCUT2D eigenvalue weighted by atomic mass is 9.93. The second kappa shape index (κ2) is 17.1. The third-order valence-electron chi connectivity index (χ3n) is 7.62. The van der Waals surface area contributed by atoms with E-state index in [4.69, 9.17) is 25.8 Å². The van der Waals surface area contributed by atoms with Crippen LogP contribution in [0.2, 0.25) is 5.02 Å². The van der Waals surface area contributed by atoms with Gasteiger partial charge in [0.15, 0.2) is 6.10 Å². The molecule has 0 saturated heterocycles. The SMILES string of the molecule is COc1ccc(C[C@H]2NC(=O)CC=CC([C@H](C)C=Cc3ccc(F)cc3)OC(=O)[C@H](CC(C)C)OC(=O)C(C)(C)CNC2=O)cc1Cl. The van der Waals surface area contributed by atoms with E-state index in [0.29, 0.717) is 16.3 Å². The van der Waals surface area contributed by atoms with Crippen molar-refractivity contribution in [2.24, 2.45) is 17.3 Å². The van der Waals surface area contributed by atoms with Crippen LogP contribution < -0.4 is 15.4 Å². The van der Waals surface area contributed by atoms with Crippen LogP contribution in [0.1, 0.15) is 58.6 Å². The van der Waals surface area contributed by atoms with Crippen molar-refractivity contribution in [1.29, 1.82) is 0 Å². The average molecular weight is 671 g/mol. The first-order chi connectivity index (χ1) is 22.2. The Morgan fingerprint density at radius 1 is 1.06 bits per heavy atom. The zero-order valence-electron chi connectivity index (χ0n) is 27.7. The Hall–Kier alpha value is -4.18. The van der Waals surface area contributed by atoms with Crippen LogP contribution in [0.15, 0.2) is 60.7 Å². The summed E-state index contributed by atoms with van der Waals surface area (Å²) >= 11 is 6.30. The molecule has 47 heavy (non-hydrogen) atoms. The maximum atomic E-state index is 13.5. The largest absolute Gasteiger partial charge is 0.495 e. The minimum absolute atomic E-state index is 0.00513. The Morgan fingerprint density at radius 3 is 2.40 bits per heavy atom. The quantitative estimate of drug-likeness (QED) is 0.268. The number of cyclic esters (lactones) is 2. The van der Waals surface area contributed by atoms with Crippen molar-refractivity contribution in [3.8, 4) is 5.75 Å². The van der Waals surface area contributed by atoms with Gasteiger partial charge in [0.2, 0.25) is 11.8 Å². The third-order valence-corrected chi connectivity index (χ3v) is 7.92. The molecule has 3 rings (SSSR count). The van der Waals surface area contributed by atoms with Crippen LogP contribution in [0.3, 0.4) is 0 Å². The summed E-state index contributed by atoms with van der Waals surface area (Å²) < 4.78 is 30.2. The highest BCUT2D eigenvalue weighted by Gasteiger charge is 2.36. The van der Waals surface area contributed by atoms with Gasteiger partial charge in [-0.3, -0.25) is 14.4 Å². The molecule has 1 unspecified atom stereocenters. The van der Waals surface area contributed by atoms with E-state index in [0.717, 1.165) is 5.56 Å². The summed E-state index contributed by atoms with van der Waals surface area (Å²) in [5.74, 6) is -2.63. The summed E-state index contributed by atoms with van der Waals surface area (Å²) in [6.45, 7) is 8.70. The minimum Gasteiger partial charge on any atom is -0.495 e. The molecule has 0 aliphatic carbocycles. The molecule has 4 atom stereocenters. The third kappa shape index (κ3) is 11.5. The number of hydrogen-bond donors (Lipinski definition) is 2. The number of ether oxygens (including phenoxy) is 3. The lowest BCUT2D eigenvalue weighted by Crippen LogP contribution is -2.51. The molecule has 2 amide bonds. The number of rotatable bonds is 8. The maximum absolute atomic E-state index is 13.5. The van der Waals surface area contributed by atoms with E-state index in [1.807, 2.05) is 20.8 Å².